The highest BCUT2D eigenvalue weighted by Gasteiger charge is 2.30. The Morgan fingerprint density at radius 2 is 1.68 bits per heavy atom. The Hall–Kier alpha value is -3.36. The molecule has 0 bridgehead atoms. The molecule has 0 saturated carbocycles. The molecule has 3 aromatic rings. The number of nitro benzene ring substituents is 1. The van der Waals surface area contributed by atoms with Crippen molar-refractivity contribution in [2.45, 2.75) is 38.1 Å². The number of nitrogens with one attached hydrogen (secondary N) is 1. The van der Waals surface area contributed by atoms with Gasteiger partial charge in [0, 0.05) is 42.4 Å². The van der Waals surface area contributed by atoms with Crippen LogP contribution in [-0.4, -0.2) is 40.0 Å². The summed E-state index contributed by atoms with van der Waals surface area (Å²) in [7, 11) is 0. The first-order chi connectivity index (χ1) is 17.9. The second-order valence-corrected chi connectivity index (χ2v) is 9.92. The van der Waals surface area contributed by atoms with Crippen LogP contribution >= 0.6 is 23.4 Å². The van der Waals surface area contributed by atoms with Crippen LogP contribution in [-0.2, 0) is 28.3 Å². The summed E-state index contributed by atoms with van der Waals surface area (Å²) in [5, 5.41) is 14.4. The lowest BCUT2D eigenvalue weighted by Crippen LogP contribution is -2.51. The van der Waals surface area contributed by atoms with Crippen LogP contribution in [0.3, 0.4) is 0 Å². The Morgan fingerprint density at radius 1 is 1.00 bits per heavy atom. The minimum Gasteiger partial charge on any atom is -0.354 e. The molecule has 7 nitrogen and oxygen atoms in total. The topological polar surface area (TPSA) is 92.6 Å². The number of hydrogen-bond donors (Lipinski definition) is 1. The van der Waals surface area contributed by atoms with Crippen LogP contribution in [0.15, 0.2) is 78.9 Å². The number of nitro groups is 1. The van der Waals surface area contributed by atoms with E-state index in [4.69, 9.17) is 11.6 Å². The van der Waals surface area contributed by atoms with Gasteiger partial charge in [-0.1, -0.05) is 79.2 Å². The van der Waals surface area contributed by atoms with Crippen molar-refractivity contribution in [2.24, 2.45) is 0 Å². The van der Waals surface area contributed by atoms with E-state index in [0.717, 1.165) is 23.1 Å². The molecule has 0 unspecified atom stereocenters. The highest BCUT2D eigenvalue weighted by atomic mass is 35.5. The second kappa shape index (κ2) is 14.4. The molecule has 0 aliphatic carbocycles. The number of amides is 2. The molecular weight excluding hydrogens is 510 g/mol. The van der Waals surface area contributed by atoms with Crippen LogP contribution in [0.5, 0.6) is 0 Å². The highest BCUT2D eigenvalue weighted by Crippen LogP contribution is 2.22. The molecule has 0 aliphatic rings. The van der Waals surface area contributed by atoms with Crippen molar-refractivity contribution >= 4 is 40.9 Å². The van der Waals surface area contributed by atoms with E-state index in [0.29, 0.717) is 23.7 Å². The van der Waals surface area contributed by atoms with Gasteiger partial charge in [-0.25, -0.2) is 0 Å². The van der Waals surface area contributed by atoms with E-state index in [9.17, 15) is 19.7 Å². The average Bonchev–Trinajstić information content (AvgIpc) is 2.91. The first-order valence-electron chi connectivity index (χ1n) is 12.0. The largest absolute Gasteiger partial charge is 0.354 e. The number of nitrogens with zero attached hydrogens (tertiary/aromatic N) is 2. The lowest BCUT2D eigenvalue weighted by Gasteiger charge is -2.31. The highest BCUT2D eigenvalue weighted by molar-refractivity contribution is 7.99. The molecule has 0 fully saturated rings. The third kappa shape index (κ3) is 8.61. The fraction of sp³-hybridized carbons (Fsp3) is 0.286. The number of halogens is 1. The predicted octanol–water partition coefficient (Wildman–Crippen LogP) is 5.65. The van der Waals surface area contributed by atoms with E-state index in [1.165, 1.54) is 23.9 Å². The van der Waals surface area contributed by atoms with Crippen molar-refractivity contribution in [3.8, 4) is 0 Å². The van der Waals surface area contributed by atoms with Crippen molar-refractivity contribution in [1.82, 2.24) is 10.2 Å². The van der Waals surface area contributed by atoms with Crippen LogP contribution < -0.4 is 5.32 Å². The van der Waals surface area contributed by atoms with Crippen molar-refractivity contribution in [1.29, 1.82) is 0 Å². The van der Waals surface area contributed by atoms with Crippen LogP contribution in [0.2, 0.25) is 5.02 Å². The maximum atomic E-state index is 13.6. The smallest absolute Gasteiger partial charge is 0.269 e. The van der Waals surface area contributed by atoms with Crippen molar-refractivity contribution in [3.63, 3.8) is 0 Å². The van der Waals surface area contributed by atoms with Crippen LogP contribution in [0.1, 0.15) is 30.0 Å². The normalized spacial score (nSPS) is 11.5. The molecule has 0 radical (unpaired) electrons. The molecule has 0 saturated heterocycles. The van der Waals surface area contributed by atoms with Gasteiger partial charge in [-0.2, -0.15) is 0 Å². The van der Waals surface area contributed by atoms with Gasteiger partial charge >= 0.3 is 0 Å². The van der Waals surface area contributed by atoms with E-state index >= 15 is 0 Å². The Balaban J connectivity index is 1.81. The fourth-order valence-corrected chi connectivity index (χ4v) is 4.85. The standard InChI is InChI=1S/C28H30ClN3O4S/c1-2-16-30-28(34)26(17-21-8-4-3-5-9-21)31(18-23-10-6-7-11-25(23)29)27(33)20-37-19-22-12-14-24(15-13-22)32(35)36/h3-15,26H,2,16-20H2,1H3,(H,30,34)/t26-/m0/s1. The molecule has 0 aliphatic heterocycles. The first kappa shape index (κ1) is 28.2. The second-order valence-electron chi connectivity index (χ2n) is 8.53. The summed E-state index contributed by atoms with van der Waals surface area (Å²) in [6, 6.07) is 22.5. The molecular formula is C28H30ClN3O4S. The lowest BCUT2D eigenvalue weighted by molar-refractivity contribution is -0.384. The summed E-state index contributed by atoms with van der Waals surface area (Å²) < 4.78 is 0. The van der Waals surface area contributed by atoms with Crippen LogP contribution in [0.4, 0.5) is 5.69 Å². The van der Waals surface area contributed by atoms with Crippen molar-refractivity contribution in [3.05, 3.63) is 111 Å². The van der Waals surface area contributed by atoms with Gasteiger partial charge in [-0.3, -0.25) is 19.7 Å². The predicted molar refractivity (Wildman–Crippen MR) is 148 cm³/mol. The van der Waals surface area contributed by atoms with Gasteiger partial charge in [0.1, 0.15) is 6.04 Å². The van der Waals surface area contributed by atoms with Gasteiger partial charge in [0.15, 0.2) is 0 Å². The van der Waals surface area contributed by atoms with Gasteiger partial charge in [0.2, 0.25) is 11.8 Å². The Morgan fingerprint density at radius 3 is 2.32 bits per heavy atom. The zero-order valence-corrected chi connectivity index (χ0v) is 22.2. The quantitative estimate of drug-likeness (QED) is 0.224. The van der Waals surface area contributed by atoms with Gasteiger partial charge < -0.3 is 10.2 Å². The molecule has 1 atom stereocenters. The van der Waals surface area contributed by atoms with Crippen molar-refractivity contribution in [2.75, 3.05) is 12.3 Å². The molecule has 2 amide bonds. The Kier molecular flexibility index (Phi) is 11.0. The van der Waals surface area contributed by atoms with Gasteiger partial charge in [0.25, 0.3) is 5.69 Å². The molecule has 0 heterocycles. The fourth-order valence-electron chi connectivity index (χ4n) is 3.78. The molecule has 3 rings (SSSR count). The molecule has 3 aromatic carbocycles. The zero-order valence-electron chi connectivity index (χ0n) is 20.6. The summed E-state index contributed by atoms with van der Waals surface area (Å²) in [5.74, 6) is 0.272. The van der Waals surface area contributed by atoms with E-state index in [1.54, 1.807) is 23.1 Å². The third-order valence-electron chi connectivity index (χ3n) is 5.76. The molecule has 37 heavy (non-hydrogen) atoms. The maximum absolute atomic E-state index is 13.6. The summed E-state index contributed by atoms with van der Waals surface area (Å²) in [6.45, 7) is 2.70. The lowest BCUT2D eigenvalue weighted by atomic mass is 10.0. The minimum absolute atomic E-state index is 0.0255. The Bertz CT molecular complexity index is 1190. The number of benzene rings is 3. The molecule has 9 heteroatoms. The monoisotopic (exact) mass is 539 g/mol. The number of hydrogen-bond acceptors (Lipinski definition) is 5. The van der Waals surface area contributed by atoms with Gasteiger partial charge in [-0.05, 0) is 29.2 Å². The van der Waals surface area contributed by atoms with Gasteiger partial charge in [0.05, 0.1) is 10.7 Å². The van der Waals surface area contributed by atoms with E-state index in [2.05, 4.69) is 5.32 Å². The first-order valence-corrected chi connectivity index (χ1v) is 13.6. The SMILES string of the molecule is CCCNC(=O)[C@H](Cc1ccccc1)N(Cc1ccccc1Cl)C(=O)CSCc1ccc([N+](=O)[O-])cc1. The molecule has 194 valence electrons. The summed E-state index contributed by atoms with van der Waals surface area (Å²) in [4.78, 5) is 39.0. The van der Waals surface area contributed by atoms with E-state index < -0.39 is 11.0 Å². The van der Waals surface area contributed by atoms with Crippen LogP contribution in [0.25, 0.3) is 0 Å². The number of thioether (sulfide) groups is 1. The summed E-state index contributed by atoms with van der Waals surface area (Å²) in [6.07, 6.45) is 1.16. The van der Waals surface area contributed by atoms with Crippen molar-refractivity contribution < 1.29 is 14.5 Å². The molecule has 0 spiro atoms. The molecule has 0 aromatic heterocycles. The number of non-ortho nitro benzene ring substituents is 1. The summed E-state index contributed by atoms with van der Waals surface area (Å²) >= 11 is 7.83. The van der Waals surface area contributed by atoms with Crippen LogP contribution in [0, 0.1) is 10.1 Å². The van der Waals surface area contributed by atoms with E-state index in [1.807, 2.05) is 55.5 Å². The summed E-state index contributed by atoms with van der Waals surface area (Å²) in [5.41, 5.74) is 2.62. The number of rotatable bonds is 13. The Labute approximate surface area is 226 Å². The zero-order chi connectivity index (χ0) is 26.6. The minimum atomic E-state index is -0.710. The van der Waals surface area contributed by atoms with E-state index in [-0.39, 0.29) is 29.8 Å². The molecule has 1 N–H and O–H groups in total. The van der Waals surface area contributed by atoms with Gasteiger partial charge in [-0.15, -0.1) is 11.8 Å². The average molecular weight is 540 g/mol. The number of carbonyl (C=O) groups excluding carboxylic acids is 2. The number of carbonyl (C=O) groups is 2. The third-order valence-corrected chi connectivity index (χ3v) is 7.12. The maximum Gasteiger partial charge on any atom is 0.269 e.